The van der Waals surface area contributed by atoms with Crippen molar-refractivity contribution in [3.63, 3.8) is 0 Å². The van der Waals surface area contributed by atoms with Crippen LogP contribution in [0.15, 0.2) is 12.3 Å². The monoisotopic (exact) mass is 373 g/mol. The van der Waals surface area contributed by atoms with Crippen LogP contribution in [0.4, 0.5) is 4.39 Å². The summed E-state index contributed by atoms with van der Waals surface area (Å²) >= 11 is 29.9. The second-order valence-electron chi connectivity index (χ2n) is 3.76. The molecule has 0 saturated carbocycles. The third-order valence-electron chi connectivity index (χ3n) is 2.57. The molecule has 0 saturated heterocycles. The Morgan fingerprint density at radius 2 is 1.45 bits per heavy atom. The smallest absolute Gasteiger partial charge is 0.147 e. The fourth-order valence-corrected chi connectivity index (χ4v) is 2.93. The van der Waals surface area contributed by atoms with Gasteiger partial charge < -0.3 is 5.11 Å². The Kier molecular flexibility index (Phi) is 5.00. The lowest BCUT2D eigenvalue weighted by Crippen LogP contribution is -1.96. The van der Waals surface area contributed by atoms with Crippen molar-refractivity contribution in [1.82, 2.24) is 4.98 Å². The Morgan fingerprint density at radius 3 is 1.90 bits per heavy atom. The molecule has 0 aliphatic carbocycles. The molecule has 1 heterocycles. The molecule has 0 radical (unpaired) electrons. The summed E-state index contributed by atoms with van der Waals surface area (Å²) in [5.74, 6) is -0.695. The van der Waals surface area contributed by atoms with Gasteiger partial charge in [0, 0.05) is 17.3 Å². The average molecular weight is 375 g/mol. The maximum atomic E-state index is 13.7. The maximum absolute atomic E-state index is 13.7. The van der Waals surface area contributed by atoms with Crippen LogP contribution in [0.3, 0.4) is 0 Å². The van der Waals surface area contributed by atoms with Crippen LogP contribution in [0.2, 0.25) is 25.1 Å². The number of hydrogen-bond acceptors (Lipinski definition) is 2. The minimum atomic E-state index is -0.695. The van der Waals surface area contributed by atoms with Gasteiger partial charge >= 0.3 is 0 Å². The number of benzene rings is 1. The number of aliphatic hydroxyl groups excluding tert-OH is 1. The molecular weight excluding hydrogens is 370 g/mol. The number of aliphatic hydroxyl groups is 1. The SMILES string of the molecule is OCc1ncc(-c2c(Cl)c(Cl)c(Cl)c(Cl)c2Cl)cc1F. The van der Waals surface area contributed by atoms with Crippen LogP contribution < -0.4 is 0 Å². The van der Waals surface area contributed by atoms with Gasteiger partial charge in [0.25, 0.3) is 0 Å². The van der Waals surface area contributed by atoms with Gasteiger partial charge in [0.2, 0.25) is 0 Å². The summed E-state index contributed by atoms with van der Waals surface area (Å²) in [6.45, 7) is -0.518. The summed E-state index contributed by atoms with van der Waals surface area (Å²) in [5.41, 5.74) is 0.408. The summed E-state index contributed by atoms with van der Waals surface area (Å²) in [7, 11) is 0. The number of aromatic nitrogens is 1. The Morgan fingerprint density at radius 1 is 0.950 bits per heavy atom. The molecule has 0 aliphatic heterocycles. The van der Waals surface area contributed by atoms with Crippen molar-refractivity contribution in [2.24, 2.45) is 0 Å². The largest absolute Gasteiger partial charge is 0.390 e. The van der Waals surface area contributed by atoms with Gasteiger partial charge in [0.15, 0.2) is 0 Å². The number of nitrogens with zero attached hydrogens (tertiary/aromatic N) is 1. The van der Waals surface area contributed by atoms with E-state index in [9.17, 15) is 4.39 Å². The molecule has 0 atom stereocenters. The minimum absolute atomic E-state index is 0.0179. The molecule has 1 aromatic carbocycles. The average Bonchev–Trinajstić information content (AvgIpc) is 2.43. The van der Waals surface area contributed by atoms with E-state index >= 15 is 0 Å². The van der Waals surface area contributed by atoms with E-state index in [2.05, 4.69) is 4.98 Å². The minimum Gasteiger partial charge on any atom is -0.390 e. The predicted molar refractivity (Wildman–Crippen MR) is 80.6 cm³/mol. The standard InChI is InChI=1S/C12H5Cl5FNO/c13-8-7(9(14)11(16)12(17)10(8)15)4-1-5(18)6(3-20)19-2-4/h1-2,20H,3H2. The lowest BCUT2D eigenvalue weighted by molar-refractivity contribution is 0.270. The quantitative estimate of drug-likeness (QED) is 0.544. The van der Waals surface area contributed by atoms with E-state index in [1.165, 1.54) is 6.20 Å². The van der Waals surface area contributed by atoms with E-state index in [-0.39, 0.29) is 41.9 Å². The van der Waals surface area contributed by atoms with Gasteiger partial charge in [-0.15, -0.1) is 0 Å². The first-order chi connectivity index (χ1) is 9.38. The number of rotatable bonds is 2. The van der Waals surface area contributed by atoms with E-state index in [1.807, 2.05) is 0 Å². The molecule has 106 valence electrons. The summed E-state index contributed by atoms with van der Waals surface area (Å²) in [6, 6.07) is 1.13. The van der Waals surface area contributed by atoms with Crippen LogP contribution in [0, 0.1) is 5.82 Å². The van der Waals surface area contributed by atoms with Gasteiger partial charge in [-0.25, -0.2) is 4.39 Å². The van der Waals surface area contributed by atoms with Crippen molar-refractivity contribution in [1.29, 1.82) is 0 Å². The van der Waals surface area contributed by atoms with Crippen LogP contribution in [0.25, 0.3) is 11.1 Å². The third-order valence-corrected chi connectivity index (χ3v) is 4.84. The van der Waals surface area contributed by atoms with Crippen molar-refractivity contribution >= 4 is 58.0 Å². The van der Waals surface area contributed by atoms with Crippen LogP contribution in [-0.2, 0) is 6.61 Å². The molecular formula is C12H5Cl5FNO. The molecule has 0 unspecified atom stereocenters. The highest BCUT2D eigenvalue weighted by atomic mass is 35.5. The summed E-state index contributed by atoms with van der Waals surface area (Å²) in [6.07, 6.45) is 1.31. The fourth-order valence-electron chi connectivity index (χ4n) is 1.58. The molecule has 0 fully saturated rings. The van der Waals surface area contributed by atoms with E-state index < -0.39 is 12.4 Å². The van der Waals surface area contributed by atoms with Crippen LogP contribution in [0.1, 0.15) is 5.69 Å². The van der Waals surface area contributed by atoms with Crippen molar-refractivity contribution in [2.45, 2.75) is 6.61 Å². The zero-order valence-corrected chi connectivity index (χ0v) is 13.3. The summed E-state index contributed by atoms with van der Waals surface area (Å²) in [5, 5.41) is 9.05. The van der Waals surface area contributed by atoms with Crippen molar-refractivity contribution < 1.29 is 9.50 Å². The van der Waals surface area contributed by atoms with Gasteiger partial charge in [-0.3, -0.25) is 4.98 Å². The Bertz CT molecular complexity index is 663. The highest BCUT2D eigenvalue weighted by Gasteiger charge is 2.21. The van der Waals surface area contributed by atoms with Gasteiger partial charge in [-0.05, 0) is 6.07 Å². The van der Waals surface area contributed by atoms with Gasteiger partial charge in [0.05, 0.1) is 31.7 Å². The third kappa shape index (κ3) is 2.71. The lowest BCUT2D eigenvalue weighted by atomic mass is 10.1. The molecule has 0 amide bonds. The topological polar surface area (TPSA) is 33.1 Å². The molecule has 0 bridgehead atoms. The molecule has 0 spiro atoms. The summed E-state index contributed by atoms with van der Waals surface area (Å²) < 4.78 is 13.7. The first-order valence-corrected chi connectivity index (χ1v) is 7.04. The Balaban J connectivity index is 2.73. The van der Waals surface area contributed by atoms with Crippen molar-refractivity contribution in [2.75, 3.05) is 0 Å². The zero-order chi connectivity index (χ0) is 15.0. The van der Waals surface area contributed by atoms with E-state index in [0.717, 1.165) is 6.07 Å². The molecule has 2 aromatic rings. The number of pyridine rings is 1. The zero-order valence-electron chi connectivity index (χ0n) is 9.52. The van der Waals surface area contributed by atoms with E-state index in [1.54, 1.807) is 0 Å². The van der Waals surface area contributed by atoms with Crippen LogP contribution >= 0.6 is 58.0 Å². The molecule has 0 aliphatic rings. The summed E-state index contributed by atoms with van der Waals surface area (Å²) in [4.78, 5) is 3.78. The molecule has 2 nitrogen and oxygen atoms in total. The molecule has 20 heavy (non-hydrogen) atoms. The normalized spacial score (nSPS) is 10.9. The second-order valence-corrected chi connectivity index (χ2v) is 5.65. The lowest BCUT2D eigenvalue weighted by Gasteiger charge is -2.13. The van der Waals surface area contributed by atoms with Crippen LogP contribution in [0.5, 0.6) is 0 Å². The molecule has 1 N–H and O–H groups in total. The fraction of sp³-hybridized carbons (Fsp3) is 0.0833. The van der Waals surface area contributed by atoms with Crippen molar-refractivity contribution in [3.05, 3.63) is 48.9 Å². The Labute approximate surface area is 139 Å². The van der Waals surface area contributed by atoms with Gasteiger partial charge in [-0.2, -0.15) is 0 Å². The highest BCUT2D eigenvalue weighted by molar-refractivity contribution is 6.56. The van der Waals surface area contributed by atoms with Crippen molar-refractivity contribution in [3.8, 4) is 11.1 Å². The van der Waals surface area contributed by atoms with E-state index in [0.29, 0.717) is 0 Å². The first-order valence-electron chi connectivity index (χ1n) is 5.15. The maximum Gasteiger partial charge on any atom is 0.147 e. The molecule has 8 heteroatoms. The second kappa shape index (κ2) is 6.22. The van der Waals surface area contributed by atoms with Crippen LogP contribution in [-0.4, -0.2) is 10.1 Å². The molecule has 2 rings (SSSR count). The van der Waals surface area contributed by atoms with E-state index in [4.69, 9.17) is 63.1 Å². The first kappa shape index (κ1) is 16.1. The number of halogens is 6. The Hall–Kier alpha value is -0.290. The van der Waals surface area contributed by atoms with Gasteiger partial charge in [-0.1, -0.05) is 58.0 Å². The van der Waals surface area contributed by atoms with Gasteiger partial charge in [0.1, 0.15) is 11.5 Å². The predicted octanol–water partition coefficient (Wildman–Crippen LogP) is 5.65. The molecule has 1 aromatic heterocycles. The number of hydrogen-bond donors (Lipinski definition) is 1. The highest BCUT2D eigenvalue weighted by Crippen LogP contribution is 2.48.